The molecule has 3 aromatic carbocycles. The fourth-order valence-corrected chi connectivity index (χ4v) is 4.05. The lowest BCUT2D eigenvalue weighted by Gasteiger charge is -2.38. The molecule has 0 N–H and O–H groups in total. The van der Waals surface area contributed by atoms with Crippen LogP contribution in [-0.4, -0.2) is 33.3 Å². The van der Waals surface area contributed by atoms with Crippen LogP contribution in [0.25, 0.3) is 11.1 Å². The summed E-state index contributed by atoms with van der Waals surface area (Å²) >= 11 is 0. The normalized spacial score (nSPS) is 13.8. The van der Waals surface area contributed by atoms with Gasteiger partial charge < -0.3 is 14.5 Å². The van der Waals surface area contributed by atoms with Crippen LogP contribution in [0.1, 0.15) is 11.1 Å². The molecule has 4 rings (SSSR count). The predicted molar refractivity (Wildman–Crippen MR) is 119 cm³/mol. The molecular formula is C25H24FN3O. The van der Waals surface area contributed by atoms with Crippen LogP contribution in [0, 0.1) is 24.1 Å². The minimum absolute atomic E-state index is 0.253. The summed E-state index contributed by atoms with van der Waals surface area (Å²) in [6, 6.07) is 21.0. The molecule has 1 fully saturated rings. The molecule has 0 aliphatic carbocycles. The molecule has 0 bridgehead atoms. The van der Waals surface area contributed by atoms with E-state index in [9.17, 15) is 9.65 Å². The van der Waals surface area contributed by atoms with Crippen LogP contribution in [0.2, 0.25) is 0 Å². The standard InChI is InChI=1S/C25H24FN3O/c1-18-15-20(19-7-9-21(26)10-8-19)16-24(22(18)17-27)29-13-11-28(12-14-29)23-5-3-4-6-25(23)30-2/h3-10,15-16H,11-14H2,1-2H3. The molecule has 1 saturated heterocycles. The van der Waals surface area contributed by atoms with Crippen LogP contribution < -0.4 is 14.5 Å². The topological polar surface area (TPSA) is 39.5 Å². The molecule has 1 aliphatic rings. The van der Waals surface area contributed by atoms with Crippen molar-refractivity contribution >= 4 is 11.4 Å². The van der Waals surface area contributed by atoms with Gasteiger partial charge in [-0.15, -0.1) is 0 Å². The minimum Gasteiger partial charge on any atom is -0.495 e. The SMILES string of the molecule is COc1ccccc1N1CCN(c2cc(-c3ccc(F)cc3)cc(C)c2C#N)CC1. The van der Waals surface area contributed by atoms with E-state index in [2.05, 4.69) is 28.0 Å². The zero-order valence-electron chi connectivity index (χ0n) is 17.2. The van der Waals surface area contributed by atoms with Crippen molar-refractivity contribution in [1.82, 2.24) is 0 Å². The van der Waals surface area contributed by atoms with Gasteiger partial charge >= 0.3 is 0 Å². The zero-order chi connectivity index (χ0) is 21.1. The number of benzene rings is 3. The molecule has 3 aromatic rings. The van der Waals surface area contributed by atoms with E-state index in [-0.39, 0.29) is 5.82 Å². The highest BCUT2D eigenvalue weighted by molar-refractivity contribution is 5.75. The van der Waals surface area contributed by atoms with Gasteiger partial charge in [0.15, 0.2) is 0 Å². The van der Waals surface area contributed by atoms with E-state index >= 15 is 0 Å². The van der Waals surface area contributed by atoms with Crippen LogP contribution in [0.3, 0.4) is 0 Å². The van der Waals surface area contributed by atoms with E-state index in [1.165, 1.54) is 12.1 Å². The van der Waals surface area contributed by atoms with E-state index in [1.54, 1.807) is 19.2 Å². The van der Waals surface area contributed by atoms with Crippen molar-refractivity contribution in [1.29, 1.82) is 5.26 Å². The Morgan fingerprint density at radius 3 is 2.13 bits per heavy atom. The summed E-state index contributed by atoms with van der Waals surface area (Å²) in [5, 5.41) is 9.77. The van der Waals surface area contributed by atoms with Gasteiger partial charge in [-0.2, -0.15) is 5.26 Å². The Bertz CT molecular complexity index is 1080. The number of hydrogen-bond donors (Lipinski definition) is 0. The molecule has 5 heteroatoms. The van der Waals surface area contributed by atoms with Crippen LogP contribution >= 0.6 is 0 Å². The lowest BCUT2D eigenvalue weighted by molar-refractivity contribution is 0.413. The molecule has 0 radical (unpaired) electrons. The Hall–Kier alpha value is -3.52. The van der Waals surface area contributed by atoms with Gasteiger partial charge in [0.25, 0.3) is 0 Å². The van der Waals surface area contributed by atoms with Gasteiger partial charge in [0, 0.05) is 26.2 Å². The molecule has 1 aliphatic heterocycles. The Kier molecular flexibility index (Phi) is 5.58. The predicted octanol–water partition coefficient (Wildman–Crippen LogP) is 5.01. The van der Waals surface area contributed by atoms with E-state index in [0.29, 0.717) is 5.56 Å². The van der Waals surface area contributed by atoms with Crippen LogP contribution in [0.5, 0.6) is 5.75 Å². The molecule has 4 nitrogen and oxygen atoms in total. The van der Waals surface area contributed by atoms with Crippen molar-refractivity contribution in [2.24, 2.45) is 0 Å². The number of rotatable bonds is 4. The van der Waals surface area contributed by atoms with Gasteiger partial charge in [0.05, 0.1) is 24.0 Å². The quantitative estimate of drug-likeness (QED) is 0.616. The van der Waals surface area contributed by atoms with E-state index in [4.69, 9.17) is 4.74 Å². The van der Waals surface area contributed by atoms with Gasteiger partial charge in [-0.3, -0.25) is 0 Å². The summed E-state index contributed by atoms with van der Waals surface area (Å²) in [4.78, 5) is 4.59. The van der Waals surface area contributed by atoms with Crippen molar-refractivity contribution < 1.29 is 9.13 Å². The Balaban J connectivity index is 1.61. The second-order valence-electron chi connectivity index (χ2n) is 7.45. The smallest absolute Gasteiger partial charge is 0.142 e. The van der Waals surface area contributed by atoms with E-state index < -0.39 is 0 Å². The maximum absolute atomic E-state index is 13.3. The van der Waals surface area contributed by atoms with E-state index in [1.807, 2.05) is 31.2 Å². The van der Waals surface area contributed by atoms with Crippen LogP contribution in [-0.2, 0) is 0 Å². The molecule has 0 unspecified atom stereocenters. The average molecular weight is 401 g/mol. The molecule has 1 heterocycles. The highest BCUT2D eigenvalue weighted by Gasteiger charge is 2.22. The largest absolute Gasteiger partial charge is 0.495 e. The first-order chi connectivity index (χ1) is 14.6. The molecule has 152 valence electrons. The summed E-state index contributed by atoms with van der Waals surface area (Å²) in [6.07, 6.45) is 0. The third-order valence-corrected chi connectivity index (χ3v) is 5.65. The summed E-state index contributed by atoms with van der Waals surface area (Å²) in [6.45, 7) is 5.24. The second-order valence-corrected chi connectivity index (χ2v) is 7.45. The number of aryl methyl sites for hydroxylation is 1. The number of hydrogen-bond acceptors (Lipinski definition) is 4. The first kappa shape index (κ1) is 19.8. The molecule has 0 amide bonds. The highest BCUT2D eigenvalue weighted by atomic mass is 19.1. The first-order valence-electron chi connectivity index (χ1n) is 10.0. The Morgan fingerprint density at radius 1 is 0.867 bits per heavy atom. The molecule has 0 atom stereocenters. The Labute approximate surface area is 176 Å². The third kappa shape index (κ3) is 3.81. The number of piperazine rings is 1. The highest BCUT2D eigenvalue weighted by Crippen LogP contribution is 2.33. The number of ether oxygens (including phenoxy) is 1. The molecule has 0 spiro atoms. The monoisotopic (exact) mass is 401 g/mol. The van der Waals surface area contributed by atoms with Crippen molar-refractivity contribution in [2.75, 3.05) is 43.1 Å². The summed E-state index contributed by atoms with van der Waals surface area (Å²) in [5.41, 5.74) is 5.60. The Morgan fingerprint density at radius 2 is 1.50 bits per heavy atom. The maximum Gasteiger partial charge on any atom is 0.142 e. The van der Waals surface area contributed by atoms with Crippen LogP contribution in [0.4, 0.5) is 15.8 Å². The fraction of sp³-hybridized carbons (Fsp3) is 0.240. The zero-order valence-corrected chi connectivity index (χ0v) is 17.2. The molecule has 0 saturated carbocycles. The number of halogens is 1. The van der Waals surface area contributed by atoms with Gasteiger partial charge in [-0.1, -0.05) is 24.3 Å². The summed E-state index contributed by atoms with van der Waals surface area (Å²) in [7, 11) is 1.69. The van der Waals surface area contributed by atoms with Crippen molar-refractivity contribution in [3.63, 3.8) is 0 Å². The van der Waals surface area contributed by atoms with Crippen LogP contribution in [0.15, 0.2) is 60.7 Å². The number of anilines is 2. The molecule has 0 aromatic heterocycles. The number of nitriles is 1. The minimum atomic E-state index is -0.253. The molecular weight excluding hydrogens is 377 g/mol. The lowest BCUT2D eigenvalue weighted by Crippen LogP contribution is -2.47. The second kappa shape index (κ2) is 8.46. The van der Waals surface area contributed by atoms with Crippen molar-refractivity contribution in [3.05, 3.63) is 77.6 Å². The number of methoxy groups -OCH3 is 1. The summed E-state index contributed by atoms with van der Waals surface area (Å²) < 4.78 is 18.8. The first-order valence-corrected chi connectivity index (χ1v) is 10.0. The maximum atomic E-state index is 13.3. The third-order valence-electron chi connectivity index (χ3n) is 5.65. The van der Waals surface area contributed by atoms with Gasteiger partial charge in [0.1, 0.15) is 17.6 Å². The van der Waals surface area contributed by atoms with Crippen molar-refractivity contribution in [3.8, 4) is 22.9 Å². The van der Waals surface area contributed by atoms with Gasteiger partial charge in [-0.25, -0.2) is 4.39 Å². The molecule has 30 heavy (non-hydrogen) atoms. The van der Waals surface area contributed by atoms with Gasteiger partial charge in [-0.05, 0) is 60.0 Å². The number of nitrogens with zero attached hydrogens (tertiary/aromatic N) is 3. The number of para-hydroxylation sites is 2. The fourth-order valence-electron chi connectivity index (χ4n) is 4.05. The lowest BCUT2D eigenvalue weighted by atomic mass is 9.97. The van der Waals surface area contributed by atoms with E-state index in [0.717, 1.165) is 60.0 Å². The van der Waals surface area contributed by atoms with Gasteiger partial charge in [0.2, 0.25) is 0 Å². The summed E-state index contributed by atoms with van der Waals surface area (Å²) in [5.74, 6) is 0.620. The average Bonchev–Trinajstić information content (AvgIpc) is 2.79. The van der Waals surface area contributed by atoms with Crippen molar-refractivity contribution in [2.45, 2.75) is 6.92 Å².